The van der Waals surface area contributed by atoms with Crippen molar-refractivity contribution in [1.82, 2.24) is 5.32 Å². The second-order valence-electron chi connectivity index (χ2n) is 6.55. The van der Waals surface area contributed by atoms with Crippen LogP contribution in [0.25, 0.3) is 0 Å². The molecule has 1 aromatic heterocycles. The normalized spacial score (nSPS) is 17.7. The lowest BCUT2D eigenvalue weighted by molar-refractivity contribution is 0.0333. The summed E-state index contributed by atoms with van der Waals surface area (Å²) in [7, 11) is 0. The Hall–Kier alpha value is -1.82. The molecule has 0 saturated carbocycles. The number of ether oxygens (including phenoxy) is 1. The Bertz CT molecular complexity index is 643. The zero-order chi connectivity index (χ0) is 17.0. The van der Waals surface area contributed by atoms with E-state index >= 15 is 0 Å². The van der Waals surface area contributed by atoms with Crippen LogP contribution in [-0.4, -0.2) is 38.0 Å². The molecule has 0 amide bonds. The van der Waals surface area contributed by atoms with Crippen molar-refractivity contribution < 1.29 is 14.3 Å². The van der Waals surface area contributed by atoms with E-state index in [9.17, 15) is 5.11 Å². The van der Waals surface area contributed by atoms with E-state index in [1.54, 1.807) is 6.92 Å². The van der Waals surface area contributed by atoms with E-state index in [2.05, 4.69) is 34.5 Å². The largest absolute Gasteiger partial charge is 0.463 e. The molecule has 1 unspecified atom stereocenters. The fraction of sp³-hybridized carbons (Fsp3) is 0.474. The SMILES string of the molecule is Cc1ccc(C(C)(O)CNCc2ccc(N3CCOCC3)cc2)o1. The zero-order valence-electron chi connectivity index (χ0n) is 14.4. The minimum Gasteiger partial charge on any atom is -0.463 e. The van der Waals surface area contributed by atoms with Gasteiger partial charge in [0.2, 0.25) is 0 Å². The molecule has 1 aliphatic heterocycles. The fourth-order valence-electron chi connectivity index (χ4n) is 2.91. The van der Waals surface area contributed by atoms with Gasteiger partial charge in [-0.15, -0.1) is 0 Å². The third kappa shape index (κ3) is 4.17. The number of rotatable bonds is 6. The smallest absolute Gasteiger partial charge is 0.136 e. The van der Waals surface area contributed by atoms with Crippen molar-refractivity contribution in [3.8, 4) is 0 Å². The summed E-state index contributed by atoms with van der Waals surface area (Å²) in [6, 6.07) is 12.3. The summed E-state index contributed by atoms with van der Waals surface area (Å²) in [5, 5.41) is 13.8. The van der Waals surface area contributed by atoms with Gasteiger partial charge in [0.15, 0.2) is 0 Å². The van der Waals surface area contributed by atoms with E-state index in [0.29, 0.717) is 18.8 Å². The Morgan fingerprint density at radius 1 is 1.12 bits per heavy atom. The van der Waals surface area contributed by atoms with Gasteiger partial charge in [-0.1, -0.05) is 12.1 Å². The minimum absolute atomic E-state index is 0.436. The number of aryl methyl sites for hydroxylation is 1. The lowest BCUT2D eigenvalue weighted by Gasteiger charge is -2.29. The van der Waals surface area contributed by atoms with Gasteiger partial charge in [-0.2, -0.15) is 0 Å². The minimum atomic E-state index is -1.01. The van der Waals surface area contributed by atoms with Crippen LogP contribution in [0.5, 0.6) is 0 Å². The third-order valence-corrected chi connectivity index (χ3v) is 4.38. The van der Waals surface area contributed by atoms with E-state index in [4.69, 9.17) is 9.15 Å². The molecular weight excluding hydrogens is 304 g/mol. The topological polar surface area (TPSA) is 57.9 Å². The van der Waals surface area contributed by atoms with E-state index in [1.165, 1.54) is 11.3 Å². The summed E-state index contributed by atoms with van der Waals surface area (Å²) in [4.78, 5) is 2.34. The monoisotopic (exact) mass is 330 g/mol. The van der Waals surface area contributed by atoms with Crippen LogP contribution >= 0.6 is 0 Å². The second-order valence-corrected chi connectivity index (χ2v) is 6.55. The van der Waals surface area contributed by atoms with Crippen LogP contribution in [0.4, 0.5) is 5.69 Å². The van der Waals surface area contributed by atoms with E-state index in [1.807, 2.05) is 19.1 Å². The first-order valence-electron chi connectivity index (χ1n) is 8.46. The summed E-state index contributed by atoms with van der Waals surface area (Å²) < 4.78 is 10.9. The molecule has 1 aliphatic rings. The molecule has 3 rings (SSSR count). The average molecular weight is 330 g/mol. The number of morpholine rings is 1. The number of nitrogens with zero attached hydrogens (tertiary/aromatic N) is 1. The van der Waals surface area contributed by atoms with Gasteiger partial charge >= 0.3 is 0 Å². The lowest BCUT2D eigenvalue weighted by Crippen LogP contribution is -2.36. The van der Waals surface area contributed by atoms with Crippen molar-refractivity contribution in [2.24, 2.45) is 0 Å². The van der Waals surface area contributed by atoms with Crippen LogP contribution in [0, 0.1) is 6.92 Å². The molecule has 2 aromatic rings. The van der Waals surface area contributed by atoms with E-state index in [0.717, 1.165) is 32.1 Å². The maximum Gasteiger partial charge on any atom is 0.136 e. The standard InChI is InChI=1S/C19H26N2O3/c1-15-3-8-18(24-15)19(2,22)14-20-13-16-4-6-17(7-5-16)21-9-11-23-12-10-21/h3-8,20,22H,9-14H2,1-2H3. The van der Waals surface area contributed by atoms with Gasteiger partial charge in [0.1, 0.15) is 17.1 Å². The summed E-state index contributed by atoms with van der Waals surface area (Å²) >= 11 is 0. The molecule has 1 saturated heterocycles. The highest BCUT2D eigenvalue weighted by molar-refractivity contribution is 5.47. The number of furan rings is 1. The average Bonchev–Trinajstić information content (AvgIpc) is 3.04. The Morgan fingerprint density at radius 2 is 1.83 bits per heavy atom. The maximum atomic E-state index is 10.5. The molecule has 0 radical (unpaired) electrons. The fourth-order valence-corrected chi connectivity index (χ4v) is 2.91. The molecule has 24 heavy (non-hydrogen) atoms. The van der Waals surface area contributed by atoms with Crippen molar-refractivity contribution in [3.05, 3.63) is 53.5 Å². The summed E-state index contributed by atoms with van der Waals surface area (Å²) in [6.45, 7) is 8.27. The number of aliphatic hydroxyl groups is 1. The Labute approximate surface area is 143 Å². The number of hydrogen-bond donors (Lipinski definition) is 2. The maximum absolute atomic E-state index is 10.5. The first kappa shape index (κ1) is 17.0. The van der Waals surface area contributed by atoms with Crippen molar-refractivity contribution in [2.75, 3.05) is 37.7 Å². The van der Waals surface area contributed by atoms with E-state index < -0.39 is 5.60 Å². The molecular formula is C19H26N2O3. The highest BCUT2D eigenvalue weighted by atomic mass is 16.5. The van der Waals surface area contributed by atoms with Crippen molar-refractivity contribution in [3.63, 3.8) is 0 Å². The summed E-state index contributed by atoms with van der Waals surface area (Å²) in [5.74, 6) is 1.40. The molecule has 0 bridgehead atoms. The summed E-state index contributed by atoms with van der Waals surface area (Å²) in [5.41, 5.74) is 1.42. The predicted octanol–water partition coefficient (Wildman–Crippen LogP) is 2.42. The number of anilines is 1. The Balaban J connectivity index is 1.51. The van der Waals surface area contributed by atoms with E-state index in [-0.39, 0.29) is 0 Å². The van der Waals surface area contributed by atoms with Crippen LogP contribution in [0.3, 0.4) is 0 Å². The van der Waals surface area contributed by atoms with Gasteiger partial charge in [0, 0.05) is 31.9 Å². The van der Waals surface area contributed by atoms with Crippen LogP contribution in [0.15, 0.2) is 40.8 Å². The first-order chi connectivity index (χ1) is 11.5. The molecule has 1 atom stereocenters. The van der Waals surface area contributed by atoms with Crippen LogP contribution in [0.1, 0.15) is 24.0 Å². The van der Waals surface area contributed by atoms with Crippen molar-refractivity contribution in [1.29, 1.82) is 0 Å². The number of hydrogen-bond acceptors (Lipinski definition) is 5. The highest BCUT2D eigenvalue weighted by Gasteiger charge is 2.26. The number of benzene rings is 1. The van der Waals surface area contributed by atoms with Gasteiger partial charge in [0.25, 0.3) is 0 Å². The quantitative estimate of drug-likeness (QED) is 0.852. The van der Waals surface area contributed by atoms with Crippen molar-refractivity contribution in [2.45, 2.75) is 26.0 Å². The van der Waals surface area contributed by atoms with Gasteiger partial charge < -0.3 is 24.5 Å². The Morgan fingerprint density at radius 3 is 2.46 bits per heavy atom. The second kappa shape index (κ2) is 7.38. The van der Waals surface area contributed by atoms with Crippen LogP contribution < -0.4 is 10.2 Å². The zero-order valence-corrected chi connectivity index (χ0v) is 14.4. The van der Waals surface area contributed by atoms with Gasteiger partial charge in [-0.25, -0.2) is 0 Å². The van der Waals surface area contributed by atoms with Crippen LogP contribution in [-0.2, 0) is 16.9 Å². The molecule has 0 spiro atoms. The molecule has 5 nitrogen and oxygen atoms in total. The molecule has 0 aliphatic carbocycles. The molecule has 2 heterocycles. The molecule has 130 valence electrons. The lowest BCUT2D eigenvalue weighted by atomic mass is 10.0. The van der Waals surface area contributed by atoms with Crippen molar-refractivity contribution >= 4 is 5.69 Å². The molecule has 2 N–H and O–H groups in total. The third-order valence-electron chi connectivity index (χ3n) is 4.38. The van der Waals surface area contributed by atoms with Crippen LogP contribution in [0.2, 0.25) is 0 Å². The summed E-state index contributed by atoms with van der Waals surface area (Å²) in [6.07, 6.45) is 0. The molecule has 1 fully saturated rings. The Kier molecular flexibility index (Phi) is 5.23. The molecule has 5 heteroatoms. The van der Waals surface area contributed by atoms with Gasteiger partial charge in [0.05, 0.1) is 13.2 Å². The van der Waals surface area contributed by atoms with Gasteiger partial charge in [-0.3, -0.25) is 0 Å². The number of nitrogens with one attached hydrogen (secondary N) is 1. The highest BCUT2D eigenvalue weighted by Crippen LogP contribution is 2.22. The van der Waals surface area contributed by atoms with Gasteiger partial charge in [-0.05, 0) is 43.7 Å². The first-order valence-corrected chi connectivity index (χ1v) is 8.46. The predicted molar refractivity (Wildman–Crippen MR) is 94.2 cm³/mol. The molecule has 1 aromatic carbocycles.